The summed E-state index contributed by atoms with van der Waals surface area (Å²) in [5.41, 5.74) is 0.577. The third-order valence-corrected chi connectivity index (χ3v) is 6.05. The Bertz CT molecular complexity index is 785. The van der Waals surface area contributed by atoms with Crippen LogP contribution in [0, 0.1) is 0 Å². The van der Waals surface area contributed by atoms with Crippen LogP contribution in [0.2, 0.25) is 0 Å². The number of thiophene rings is 1. The number of carbonyl (C=O) groups is 2. The second kappa shape index (κ2) is 7.50. The molecule has 0 atom stereocenters. The first kappa shape index (κ1) is 19.1. The van der Waals surface area contributed by atoms with Gasteiger partial charge < -0.3 is 20.1 Å². The minimum Gasteiger partial charge on any atom is -0.548 e. The van der Waals surface area contributed by atoms with Crippen molar-refractivity contribution in [3.63, 3.8) is 0 Å². The third-order valence-electron chi connectivity index (χ3n) is 5.13. The number of anilines is 1. The maximum absolute atomic E-state index is 12.7. The molecule has 3 heterocycles. The number of hydrogen-bond acceptors (Lipinski definition) is 4. The van der Waals surface area contributed by atoms with Crippen LogP contribution in [0.15, 0.2) is 41.8 Å². The van der Waals surface area contributed by atoms with E-state index in [-0.39, 0.29) is 63.5 Å². The van der Waals surface area contributed by atoms with Crippen molar-refractivity contribution in [1.29, 1.82) is 0 Å². The molecule has 2 aliphatic heterocycles. The van der Waals surface area contributed by atoms with Gasteiger partial charge >= 0.3 is 57.4 Å². The second-order valence-electron chi connectivity index (χ2n) is 6.41. The monoisotopic (exact) mass is 380 g/mol. The largest absolute Gasteiger partial charge is 1.00 e. The number of hydrogen-bond donors (Lipinski definition) is 1. The third kappa shape index (κ3) is 3.33. The average Bonchev–Trinajstić information content (AvgIpc) is 3.30. The van der Waals surface area contributed by atoms with Crippen LogP contribution >= 0.6 is 11.3 Å². The van der Waals surface area contributed by atoms with Gasteiger partial charge in [-0.05, 0) is 54.8 Å². The summed E-state index contributed by atoms with van der Waals surface area (Å²) >= 11 is 1.63. The molecule has 0 unspecified atom stereocenters. The average molecular weight is 381 g/mol. The van der Waals surface area contributed by atoms with Gasteiger partial charge in [-0.3, -0.25) is 0 Å². The van der Waals surface area contributed by atoms with E-state index in [1.54, 1.807) is 11.3 Å². The first-order valence-electron chi connectivity index (χ1n) is 8.06. The van der Waals surface area contributed by atoms with E-state index in [0.29, 0.717) is 18.5 Å². The number of urea groups is 1. The summed E-state index contributed by atoms with van der Waals surface area (Å²) < 4.78 is 0. The quantitative estimate of drug-likeness (QED) is 0.743. The topological polar surface area (TPSA) is 72.5 Å². The SMILES string of the molecule is O=C(Nc1cccc(-c2cccs2)c1)N1C2CCC1(C(=O)[O-])CC2.[K+]. The molecule has 0 saturated carbocycles. The molecule has 2 saturated heterocycles. The Kier molecular flexibility index (Phi) is 5.72. The van der Waals surface area contributed by atoms with Crippen molar-refractivity contribution in [2.45, 2.75) is 37.3 Å². The molecule has 2 amide bonds. The number of carboxylic acids is 1. The first-order chi connectivity index (χ1) is 11.6. The Balaban J connectivity index is 0.00000182. The summed E-state index contributed by atoms with van der Waals surface area (Å²) in [5, 5.41) is 16.5. The molecular weight excluding hydrogens is 363 g/mol. The number of fused-ring (bicyclic) bond motifs is 2. The van der Waals surface area contributed by atoms with Crippen molar-refractivity contribution in [2.75, 3.05) is 5.32 Å². The predicted octanol–water partition coefficient (Wildman–Crippen LogP) is -0.302. The number of nitrogens with zero attached hydrogens (tertiary/aromatic N) is 1. The summed E-state index contributed by atoms with van der Waals surface area (Å²) in [6, 6.07) is 11.3. The van der Waals surface area contributed by atoms with E-state index in [1.165, 1.54) is 4.90 Å². The summed E-state index contributed by atoms with van der Waals surface area (Å²) in [6.45, 7) is 0. The zero-order valence-electron chi connectivity index (χ0n) is 14.0. The zero-order chi connectivity index (χ0) is 16.7. The number of aliphatic carboxylic acids is 1. The molecule has 7 heteroatoms. The van der Waals surface area contributed by atoms with Crippen LogP contribution in [0.3, 0.4) is 0 Å². The zero-order valence-corrected chi connectivity index (χ0v) is 18.0. The van der Waals surface area contributed by atoms with Crippen molar-refractivity contribution in [2.24, 2.45) is 0 Å². The maximum atomic E-state index is 12.7. The standard InChI is InChI=1S/C18H18N2O3S.K/c21-16(22)18-8-6-14(7-9-18)20(18)17(23)19-13-4-1-3-12(11-13)15-5-2-10-24-15;/h1-5,10-11,14H,6-9H2,(H,19,23)(H,21,22);/q;+1/p-1. The Morgan fingerprint density at radius 1 is 1.20 bits per heavy atom. The molecule has 0 aliphatic carbocycles. The fourth-order valence-corrected chi connectivity index (χ4v) is 4.69. The van der Waals surface area contributed by atoms with Crippen LogP contribution in [-0.4, -0.2) is 28.5 Å². The van der Waals surface area contributed by atoms with Crippen LogP contribution in [0.5, 0.6) is 0 Å². The van der Waals surface area contributed by atoms with Crippen LogP contribution in [0.25, 0.3) is 10.4 Å². The fourth-order valence-electron chi connectivity index (χ4n) is 3.97. The molecule has 2 aromatic rings. The number of carboxylic acid groups (broad SMARTS) is 1. The van der Waals surface area contributed by atoms with Gasteiger partial charge in [-0.15, -0.1) is 11.3 Å². The minimum atomic E-state index is -1.13. The van der Waals surface area contributed by atoms with Crippen molar-refractivity contribution < 1.29 is 66.1 Å². The van der Waals surface area contributed by atoms with E-state index < -0.39 is 11.5 Å². The van der Waals surface area contributed by atoms with Gasteiger partial charge in [0.2, 0.25) is 0 Å². The number of amides is 2. The summed E-state index contributed by atoms with van der Waals surface area (Å²) in [7, 11) is 0. The van der Waals surface area contributed by atoms with Gasteiger partial charge in [0.1, 0.15) is 0 Å². The Hall–Kier alpha value is -0.704. The Labute approximate surface area is 192 Å². The Morgan fingerprint density at radius 2 is 1.96 bits per heavy atom. The molecule has 1 N–H and O–H groups in total. The number of nitrogens with one attached hydrogen (secondary N) is 1. The van der Waals surface area contributed by atoms with Crippen molar-refractivity contribution >= 4 is 29.0 Å². The summed E-state index contributed by atoms with van der Waals surface area (Å²) in [5.74, 6) is -1.13. The van der Waals surface area contributed by atoms with Crippen molar-refractivity contribution in [3.05, 3.63) is 41.8 Å². The van der Waals surface area contributed by atoms with E-state index in [9.17, 15) is 14.7 Å². The fraction of sp³-hybridized carbons (Fsp3) is 0.333. The predicted molar refractivity (Wildman–Crippen MR) is 90.6 cm³/mol. The molecule has 124 valence electrons. The molecule has 1 aromatic carbocycles. The minimum absolute atomic E-state index is 0. The van der Waals surface area contributed by atoms with E-state index in [0.717, 1.165) is 23.3 Å². The van der Waals surface area contributed by atoms with Gasteiger partial charge in [-0.1, -0.05) is 18.2 Å². The first-order valence-corrected chi connectivity index (χ1v) is 8.94. The summed E-state index contributed by atoms with van der Waals surface area (Å²) in [4.78, 5) is 27.0. The number of carbonyl (C=O) groups excluding carboxylic acids is 2. The van der Waals surface area contributed by atoms with Crippen LogP contribution in [0.4, 0.5) is 10.5 Å². The molecule has 2 fully saturated rings. The van der Waals surface area contributed by atoms with Gasteiger partial charge in [0.05, 0.1) is 11.5 Å². The summed E-state index contributed by atoms with van der Waals surface area (Å²) in [6.07, 6.45) is 2.44. The van der Waals surface area contributed by atoms with E-state index >= 15 is 0 Å². The molecule has 2 aliphatic rings. The molecule has 2 bridgehead atoms. The van der Waals surface area contributed by atoms with Crippen LogP contribution < -0.4 is 61.8 Å². The van der Waals surface area contributed by atoms with Gasteiger partial charge in [0, 0.05) is 16.6 Å². The van der Waals surface area contributed by atoms with Gasteiger partial charge in [-0.2, -0.15) is 0 Å². The molecule has 0 spiro atoms. The molecule has 1 aromatic heterocycles. The number of benzene rings is 1. The molecule has 5 nitrogen and oxygen atoms in total. The van der Waals surface area contributed by atoms with E-state index in [1.807, 2.05) is 41.8 Å². The molecule has 0 radical (unpaired) electrons. The second-order valence-corrected chi connectivity index (χ2v) is 7.36. The van der Waals surface area contributed by atoms with Crippen molar-refractivity contribution in [3.8, 4) is 10.4 Å². The smallest absolute Gasteiger partial charge is 0.548 e. The van der Waals surface area contributed by atoms with Crippen LogP contribution in [0.1, 0.15) is 25.7 Å². The van der Waals surface area contributed by atoms with E-state index in [2.05, 4.69) is 5.32 Å². The normalized spacial score (nSPS) is 24.0. The molecule has 4 rings (SSSR count). The number of rotatable bonds is 3. The van der Waals surface area contributed by atoms with Crippen LogP contribution in [-0.2, 0) is 4.79 Å². The van der Waals surface area contributed by atoms with Gasteiger partial charge in [-0.25, -0.2) is 4.79 Å². The van der Waals surface area contributed by atoms with Crippen molar-refractivity contribution in [1.82, 2.24) is 4.90 Å². The maximum Gasteiger partial charge on any atom is 1.00 e. The Morgan fingerprint density at radius 3 is 2.60 bits per heavy atom. The molecular formula is C18H17KN2O3S. The van der Waals surface area contributed by atoms with E-state index in [4.69, 9.17) is 0 Å². The van der Waals surface area contributed by atoms with Gasteiger partial charge in [0.25, 0.3) is 0 Å². The molecule has 25 heavy (non-hydrogen) atoms. The van der Waals surface area contributed by atoms with Gasteiger partial charge in [0.15, 0.2) is 0 Å².